The average Bonchev–Trinajstić information content (AvgIpc) is 2.71. The number of rotatable bonds is 4. The van der Waals surface area contributed by atoms with Gasteiger partial charge in [-0.1, -0.05) is 0 Å². The maximum Gasteiger partial charge on any atom is 0.387 e. The molecule has 0 unspecified atom stereocenters. The lowest BCUT2D eigenvalue weighted by Crippen LogP contribution is -2.01. The lowest BCUT2D eigenvalue weighted by Gasteiger charge is -2.05. The Morgan fingerprint density at radius 1 is 1.33 bits per heavy atom. The number of halogens is 2. The van der Waals surface area contributed by atoms with Gasteiger partial charge < -0.3 is 15.0 Å². The molecule has 18 heavy (non-hydrogen) atoms. The van der Waals surface area contributed by atoms with Crippen LogP contribution in [0.25, 0.3) is 11.3 Å². The van der Waals surface area contributed by atoms with E-state index in [0.29, 0.717) is 11.5 Å². The van der Waals surface area contributed by atoms with Gasteiger partial charge in [-0.2, -0.15) is 8.78 Å². The molecule has 4 nitrogen and oxygen atoms in total. The Bertz CT molecular complexity index is 523. The summed E-state index contributed by atoms with van der Waals surface area (Å²) in [6, 6.07) is 6.23. The number of nitrogen functional groups attached to an aromatic ring is 1. The third kappa shape index (κ3) is 2.42. The maximum atomic E-state index is 12.0. The van der Waals surface area contributed by atoms with Crippen molar-refractivity contribution in [2.45, 2.75) is 20.1 Å². The third-order valence-corrected chi connectivity index (χ3v) is 2.57. The van der Waals surface area contributed by atoms with E-state index in [0.717, 1.165) is 12.1 Å². The van der Waals surface area contributed by atoms with Crippen molar-refractivity contribution in [1.29, 1.82) is 0 Å². The summed E-state index contributed by atoms with van der Waals surface area (Å²) < 4.78 is 30.1. The number of aryl methyl sites for hydroxylation is 1. The quantitative estimate of drug-likeness (QED) is 0.911. The molecule has 0 spiro atoms. The van der Waals surface area contributed by atoms with Crippen LogP contribution in [0.2, 0.25) is 0 Å². The van der Waals surface area contributed by atoms with Crippen molar-refractivity contribution in [2.24, 2.45) is 0 Å². The van der Waals surface area contributed by atoms with Crippen molar-refractivity contribution in [3.8, 4) is 17.0 Å². The normalized spacial score (nSPS) is 10.9. The molecule has 2 rings (SSSR count). The first-order chi connectivity index (χ1) is 8.61. The van der Waals surface area contributed by atoms with Crippen LogP contribution in [0.3, 0.4) is 0 Å². The van der Waals surface area contributed by atoms with Crippen molar-refractivity contribution in [2.75, 3.05) is 5.73 Å². The lowest BCUT2D eigenvalue weighted by molar-refractivity contribution is -0.0498. The number of hydrogen-bond acceptors (Lipinski definition) is 3. The smallest absolute Gasteiger partial charge is 0.387 e. The fourth-order valence-electron chi connectivity index (χ4n) is 1.66. The second kappa shape index (κ2) is 5.03. The number of imidazole rings is 1. The molecule has 96 valence electrons. The van der Waals surface area contributed by atoms with Gasteiger partial charge in [0.15, 0.2) is 0 Å². The summed E-state index contributed by atoms with van der Waals surface area (Å²) in [6.45, 7) is -0.132. The van der Waals surface area contributed by atoms with Crippen LogP contribution in [0.1, 0.15) is 6.92 Å². The monoisotopic (exact) mass is 253 g/mol. The molecule has 0 saturated heterocycles. The molecule has 0 saturated carbocycles. The Morgan fingerprint density at radius 2 is 2.00 bits per heavy atom. The zero-order valence-corrected chi connectivity index (χ0v) is 9.81. The van der Waals surface area contributed by atoms with Crippen LogP contribution >= 0.6 is 0 Å². The van der Waals surface area contributed by atoms with E-state index in [2.05, 4.69) is 9.72 Å². The minimum Gasteiger partial charge on any atom is -0.435 e. The minimum absolute atomic E-state index is 0.113. The third-order valence-electron chi connectivity index (χ3n) is 2.57. The minimum atomic E-state index is -2.82. The van der Waals surface area contributed by atoms with Crippen LogP contribution in [0.5, 0.6) is 5.75 Å². The fraction of sp³-hybridized carbons (Fsp3) is 0.250. The van der Waals surface area contributed by atoms with E-state index in [1.165, 1.54) is 12.1 Å². The van der Waals surface area contributed by atoms with E-state index in [1.807, 2.05) is 6.92 Å². The van der Waals surface area contributed by atoms with Gasteiger partial charge in [0.2, 0.25) is 0 Å². The first kappa shape index (κ1) is 12.3. The molecule has 1 aromatic carbocycles. The predicted molar refractivity (Wildman–Crippen MR) is 64.4 cm³/mol. The Kier molecular flexibility index (Phi) is 3.45. The van der Waals surface area contributed by atoms with Crippen LogP contribution < -0.4 is 10.5 Å². The van der Waals surface area contributed by atoms with Crippen LogP contribution in [0.15, 0.2) is 30.6 Å². The van der Waals surface area contributed by atoms with Crippen molar-refractivity contribution in [3.63, 3.8) is 0 Å². The van der Waals surface area contributed by atoms with E-state index in [9.17, 15) is 8.78 Å². The molecule has 0 atom stereocenters. The number of benzene rings is 1. The van der Waals surface area contributed by atoms with Crippen molar-refractivity contribution < 1.29 is 13.5 Å². The number of alkyl halides is 2. The number of nitrogens with zero attached hydrogens (tertiary/aromatic N) is 2. The molecule has 0 amide bonds. The highest BCUT2D eigenvalue weighted by Gasteiger charge is 2.10. The zero-order chi connectivity index (χ0) is 13.1. The fourth-order valence-corrected chi connectivity index (χ4v) is 1.66. The molecular weight excluding hydrogens is 240 g/mol. The molecule has 0 aliphatic carbocycles. The zero-order valence-electron chi connectivity index (χ0n) is 9.81. The number of hydrogen-bond donors (Lipinski definition) is 1. The number of anilines is 1. The summed E-state index contributed by atoms with van der Waals surface area (Å²) in [4.78, 5) is 4.20. The summed E-state index contributed by atoms with van der Waals surface area (Å²) in [7, 11) is 0. The number of nitrogens with two attached hydrogens (primary N) is 1. The van der Waals surface area contributed by atoms with Crippen molar-refractivity contribution in [3.05, 3.63) is 30.6 Å². The Balaban J connectivity index is 2.26. The first-order valence-electron chi connectivity index (χ1n) is 5.47. The van der Waals surface area contributed by atoms with Crippen molar-refractivity contribution >= 4 is 5.82 Å². The standard InChI is InChI=1S/C12H13F2N3O/c1-2-17-7-16-10(11(17)15)8-3-5-9(6-4-8)18-12(13)14/h3-7,12H,2,15H2,1H3. The van der Waals surface area contributed by atoms with Crippen molar-refractivity contribution in [1.82, 2.24) is 9.55 Å². The molecule has 2 aromatic rings. The van der Waals surface area contributed by atoms with Crippen LogP contribution in [0.4, 0.5) is 14.6 Å². The van der Waals surface area contributed by atoms with Gasteiger partial charge in [-0.05, 0) is 31.2 Å². The molecule has 1 aromatic heterocycles. The second-order valence-electron chi connectivity index (χ2n) is 3.67. The van der Waals surface area contributed by atoms with Gasteiger partial charge in [-0.3, -0.25) is 0 Å². The largest absolute Gasteiger partial charge is 0.435 e. The van der Waals surface area contributed by atoms with Gasteiger partial charge in [0.05, 0.1) is 6.33 Å². The molecule has 0 bridgehead atoms. The molecule has 2 N–H and O–H groups in total. The highest BCUT2D eigenvalue weighted by molar-refractivity contribution is 5.70. The SMILES string of the molecule is CCn1cnc(-c2ccc(OC(F)F)cc2)c1N. The predicted octanol–water partition coefficient (Wildman–Crippen LogP) is 2.75. The van der Waals surface area contributed by atoms with E-state index in [1.54, 1.807) is 23.0 Å². The first-order valence-corrected chi connectivity index (χ1v) is 5.47. The van der Waals surface area contributed by atoms with Gasteiger partial charge in [0, 0.05) is 12.1 Å². The Hall–Kier alpha value is -2.11. The summed E-state index contributed by atoms with van der Waals surface area (Å²) in [6.07, 6.45) is 1.65. The highest BCUT2D eigenvalue weighted by atomic mass is 19.3. The topological polar surface area (TPSA) is 53.1 Å². The lowest BCUT2D eigenvalue weighted by atomic mass is 10.1. The summed E-state index contributed by atoms with van der Waals surface area (Å²) in [5.74, 6) is 0.669. The van der Waals surface area contributed by atoms with E-state index in [4.69, 9.17) is 5.73 Å². The Labute approximate surface area is 103 Å². The molecule has 0 aliphatic rings. The van der Waals surface area contributed by atoms with Crippen LogP contribution in [-0.4, -0.2) is 16.2 Å². The van der Waals surface area contributed by atoms with Gasteiger partial charge in [-0.15, -0.1) is 0 Å². The van der Waals surface area contributed by atoms with Crippen LogP contribution in [0, 0.1) is 0 Å². The van der Waals surface area contributed by atoms with Gasteiger partial charge in [0.25, 0.3) is 0 Å². The maximum absolute atomic E-state index is 12.0. The molecule has 1 heterocycles. The molecule has 0 radical (unpaired) electrons. The van der Waals surface area contributed by atoms with Gasteiger partial charge >= 0.3 is 6.61 Å². The molecule has 6 heteroatoms. The molecule has 0 fully saturated rings. The molecular formula is C12H13F2N3O. The number of aromatic nitrogens is 2. The average molecular weight is 253 g/mol. The van der Waals surface area contributed by atoms with E-state index >= 15 is 0 Å². The van der Waals surface area contributed by atoms with E-state index in [-0.39, 0.29) is 5.75 Å². The summed E-state index contributed by atoms with van der Waals surface area (Å²) in [5, 5.41) is 0. The van der Waals surface area contributed by atoms with Crippen LogP contribution in [-0.2, 0) is 6.54 Å². The summed E-state index contributed by atoms with van der Waals surface area (Å²) >= 11 is 0. The molecule has 0 aliphatic heterocycles. The highest BCUT2D eigenvalue weighted by Crippen LogP contribution is 2.26. The van der Waals surface area contributed by atoms with Gasteiger partial charge in [0.1, 0.15) is 17.3 Å². The van der Waals surface area contributed by atoms with E-state index < -0.39 is 6.61 Å². The number of ether oxygens (including phenoxy) is 1. The van der Waals surface area contributed by atoms with Gasteiger partial charge in [-0.25, -0.2) is 4.98 Å². The summed E-state index contributed by atoms with van der Waals surface area (Å²) in [5.41, 5.74) is 7.32. The Morgan fingerprint density at radius 3 is 2.50 bits per heavy atom. The second-order valence-corrected chi connectivity index (χ2v) is 3.67.